The summed E-state index contributed by atoms with van der Waals surface area (Å²) in [6, 6.07) is 11.9. The molecule has 0 unspecified atom stereocenters. The van der Waals surface area contributed by atoms with Gasteiger partial charge < -0.3 is 14.2 Å². The summed E-state index contributed by atoms with van der Waals surface area (Å²) in [7, 11) is 0. The monoisotopic (exact) mass is 390 g/mol. The van der Waals surface area contributed by atoms with Crippen molar-refractivity contribution in [3.63, 3.8) is 0 Å². The van der Waals surface area contributed by atoms with Gasteiger partial charge in [0.1, 0.15) is 11.9 Å². The molecule has 8 heteroatoms. The molecule has 0 amide bonds. The second kappa shape index (κ2) is 7.63. The second-order valence-corrected chi connectivity index (χ2v) is 6.39. The molecule has 0 spiro atoms. The Balaban J connectivity index is 1.67. The lowest BCUT2D eigenvalue weighted by atomic mass is 10.2. The lowest BCUT2D eigenvalue weighted by Crippen LogP contribution is -2.26. The maximum atomic E-state index is 13.0. The third kappa shape index (κ3) is 4.17. The van der Waals surface area contributed by atoms with Crippen LogP contribution in [0.4, 0.5) is 13.2 Å². The van der Waals surface area contributed by atoms with E-state index >= 15 is 0 Å². The van der Waals surface area contributed by atoms with Crippen molar-refractivity contribution in [3.8, 4) is 17.6 Å². The molecule has 3 aromatic rings. The van der Waals surface area contributed by atoms with Crippen molar-refractivity contribution < 1.29 is 27.4 Å². The van der Waals surface area contributed by atoms with Gasteiger partial charge in [0.15, 0.2) is 0 Å². The fraction of sp³-hybridized carbons (Fsp3) is 0.300. The molecule has 1 aliphatic rings. The molecular formula is C20H17F3N2O3. The molecule has 2 aromatic carbocycles. The van der Waals surface area contributed by atoms with Crippen molar-refractivity contribution in [2.24, 2.45) is 0 Å². The summed E-state index contributed by atoms with van der Waals surface area (Å²) in [5, 5.41) is 0.583. The highest BCUT2D eigenvalue weighted by molar-refractivity contribution is 5.83. The molecule has 1 aromatic heterocycles. The third-order valence-corrected chi connectivity index (χ3v) is 4.36. The SMILES string of the molecule is FC(F)(F)c1cccc(Oc2nc(OC3CCOCC3)nc3ccccc23)c1. The van der Waals surface area contributed by atoms with Crippen LogP contribution >= 0.6 is 0 Å². The summed E-state index contributed by atoms with van der Waals surface area (Å²) in [6.07, 6.45) is -3.08. The standard InChI is InChI=1S/C20H17F3N2O3/c21-20(22,23)13-4-3-5-15(12-13)27-18-16-6-1-2-7-17(16)24-19(25-18)28-14-8-10-26-11-9-14/h1-7,12,14H,8-11H2. The van der Waals surface area contributed by atoms with Crippen LogP contribution in [0, 0.1) is 0 Å². The van der Waals surface area contributed by atoms with Crippen LogP contribution in [-0.4, -0.2) is 29.3 Å². The summed E-state index contributed by atoms with van der Waals surface area (Å²) in [5.74, 6) is 0.183. The molecule has 1 fully saturated rings. The molecule has 1 aliphatic heterocycles. The molecule has 2 heterocycles. The van der Waals surface area contributed by atoms with E-state index in [1.807, 2.05) is 6.07 Å². The van der Waals surface area contributed by atoms with Crippen molar-refractivity contribution in [2.45, 2.75) is 25.1 Å². The fourth-order valence-corrected chi connectivity index (χ4v) is 2.95. The first-order valence-corrected chi connectivity index (χ1v) is 8.85. The van der Waals surface area contributed by atoms with E-state index in [-0.39, 0.29) is 23.7 Å². The minimum Gasteiger partial charge on any atom is -0.460 e. The number of ether oxygens (including phenoxy) is 3. The van der Waals surface area contributed by atoms with Gasteiger partial charge in [0.05, 0.1) is 29.7 Å². The van der Waals surface area contributed by atoms with Gasteiger partial charge in [-0.05, 0) is 30.3 Å². The Morgan fingerprint density at radius 3 is 2.54 bits per heavy atom. The van der Waals surface area contributed by atoms with Gasteiger partial charge in [-0.15, -0.1) is 0 Å². The number of rotatable bonds is 4. The summed E-state index contributed by atoms with van der Waals surface area (Å²) >= 11 is 0. The number of hydrogen-bond acceptors (Lipinski definition) is 5. The van der Waals surface area contributed by atoms with Gasteiger partial charge in [-0.25, -0.2) is 0 Å². The highest BCUT2D eigenvalue weighted by Crippen LogP contribution is 2.34. The van der Waals surface area contributed by atoms with Gasteiger partial charge in [-0.1, -0.05) is 18.2 Å². The van der Waals surface area contributed by atoms with Crippen LogP contribution in [-0.2, 0) is 10.9 Å². The topological polar surface area (TPSA) is 53.5 Å². The Kier molecular flexibility index (Phi) is 5.04. The van der Waals surface area contributed by atoms with Crippen LogP contribution in [0.15, 0.2) is 48.5 Å². The number of hydrogen-bond donors (Lipinski definition) is 0. The van der Waals surface area contributed by atoms with E-state index < -0.39 is 11.7 Å². The number of para-hydroxylation sites is 1. The van der Waals surface area contributed by atoms with Crippen molar-refractivity contribution in [1.29, 1.82) is 0 Å². The zero-order valence-corrected chi connectivity index (χ0v) is 14.8. The quantitative estimate of drug-likeness (QED) is 0.628. The number of aromatic nitrogens is 2. The molecule has 5 nitrogen and oxygen atoms in total. The Labute approximate surface area is 159 Å². The highest BCUT2D eigenvalue weighted by atomic mass is 19.4. The van der Waals surface area contributed by atoms with Crippen LogP contribution in [0.2, 0.25) is 0 Å². The van der Waals surface area contributed by atoms with Gasteiger partial charge in [0, 0.05) is 12.8 Å². The van der Waals surface area contributed by atoms with Gasteiger partial charge in [-0.2, -0.15) is 23.1 Å². The zero-order valence-electron chi connectivity index (χ0n) is 14.8. The summed E-state index contributed by atoms with van der Waals surface area (Å²) in [6.45, 7) is 1.21. The molecule has 1 saturated heterocycles. The van der Waals surface area contributed by atoms with E-state index in [1.165, 1.54) is 12.1 Å². The molecule has 4 rings (SSSR count). The average Bonchev–Trinajstić information content (AvgIpc) is 2.68. The van der Waals surface area contributed by atoms with Crippen LogP contribution in [0.3, 0.4) is 0 Å². The minimum absolute atomic E-state index is 0.0377. The van der Waals surface area contributed by atoms with Crippen molar-refractivity contribution in [2.75, 3.05) is 13.2 Å². The first-order valence-electron chi connectivity index (χ1n) is 8.85. The Morgan fingerprint density at radius 2 is 1.75 bits per heavy atom. The number of benzene rings is 2. The zero-order chi connectivity index (χ0) is 19.6. The Morgan fingerprint density at radius 1 is 0.964 bits per heavy atom. The molecule has 0 N–H and O–H groups in total. The molecule has 0 saturated carbocycles. The normalized spacial score (nSPS) is 15.5. The van der Waals surface area contributed by atoms with Gasteiger partial charge in [0.2, 0.25) is 5.88 Å². The number of alkyl halides is 3. The van der Waals surface area contributed by atoms with Crippen LogP contribution in [0.25, 0.3) is 10.9 Å². The van der Waals surface area contributed by atoms with Gasteiger partial charge in [0.25, 0.3) is 0 Å². The highest BCUT2D eigenvalue weighted by Gasteiger charge is 2.30. The molecule has 0 bridgehead atoms. The molecular weight excluding hydrogens is 373 g/mol. The molecule has 0 aliphatic carbocycles. The van der Waals surface area contributed by atoms with E-state index in [2.05, 4.69) is 9.97 Å². The van der Waals surface area contributed by atoms with E-state index in [9.17, 15) is 13.2 Å². The van der Waals surface area contributed by atoms with E-state index in [0.717, 1.165) is 25.0 Å². The molecule has 146 valence electrons. The smallest absolute Gasteiger partial charge is 0.416 e. The number of halogens is 3. The third-order valence-electron chi connectivity index (χ3n) is 4.36. The lowest BCUT2D eigenvalue weighted by Gasteiger charge is -2.22. The van der Waals surface area contributed by atoms with Crippen molar-refractivity contribution in [3.05, 3.63) is 54.1 Å². The maximum Gasteiger partial charge on any atom is 0.416 e. The van der Waals surface area contributed by atoms with Crippen LogP contribution in [0.1, 0.15) is 18.4 Å². The van der Waals surface area contributed by atoms with Gasteiger partial charge >= 0.3 is 12.2 Å². The first kappa shape index (κ1) is 18.5. The predicted molar refractivity (Wildman–Crippen MR) is 95.5 cm³/mol. The van der Waals surface area contributed by atoms with Crippen LogP contribution in [0.5, 0.6) is 17.6 Å². The van der Waals surface area contributed by atoms with Gasteiger partial charge in [-0.3, -0.25) is 0 Å². The number of fused-ring (bicyclic) bond motifs is 1. The fourth-order valence-electron chi connectivity index (χ4n) is 2.95. The van der Waals surface area contributed by atoms with E-state index in [4.69, 9.17) is 14.2 Å². The van der Waals surface area contributed by atoms with Crippen LogP contribution < -0.4 is 9.47 Å². The lowest BCUT2D eigenvalue weighted by molar-refractivity contribution is -0.137. The summed E-state index contributed by atoms with van der Waals surface area (Å²) < 4.78 is 55.8. The van der Waals surface area contributed by atoms with Crippen molar-refractivity contribution >= 4 is 10.9 Å². The first-order chi connectivity index (χ1) is 13.5. The van der Waals surface area contributed by atoms with Crippen molar-refractivity contribution in [1.82, 2.24) is 9.97 Å². The molecule has 0 radical (unpaired) electrons. The molecule has 0 atom stereocenters. The summed E-state index contributed by atoms with van der Waals surface area (Å²) in [5.41, 5.74) is -0.205. The Bertz CT molecular complexity index is 972. The average molecular weight is 390 g/mol. The Hall–Kier alpha value is -2.87. The maximum absolute atomic E-state index is 13.0. The molecule has 28 heavy (non-hydrogen) atoms. The van der Waals surface area contributed by atoms with E-state index in [1.54, 1.807) is 18.2 Å². The minimum atomic E-state index is -4.45. The second-order valence-electron chi connectivity index (χ2n) is 6.39. The number of nitrogens with zero attached hydrogens (tertiary/aromatic N) is 2. The largest absolute Gasteiger partial charge is 0.460 e. The summed E-state index contributed by atoms with van der Waals surface area (Å²) in [4.78, 5) is 8.70. The predicted octanol–water partition coefficient (Wildman–Crippen LogP) is 5.00. The van der Waals surface area contributed by atoms with E-state index in [0.29, 0.717) is 24.1 Å².